The van der Waals surface area contributed by atoms with Gasteiger partial charge in [0.05, 0.1) is 18.8 Å². The highest BCUT2D eigenvalue weighted by Crippen LogP contribution is 2.18. The van der Waals surface area contributed by atoms with Crippen LogP contribution in [-0.4, -0.2) is 29.7 Å². The number of carbonyl (C=O) groups excluding carboxylic acids is 1. The van der Waals surface area contributed by atoms with Crippen LogP contribution in [0.15, 0.2) is 53.6 Å². The maximum atomic E-state index is 13.8. The Hall–Kier alpha value is -2.60. The molecule has 0 saturated heterocycles. The fourth-order valence-corrected chi connectivity index (χ4v) is 2.76. The normalized spacial score (nSPS) is 15.2. The maximum Gasteiger partial charge on any atom is 0.256 e. The number of hydrogen-bond acceptors (Lipinski definition) is 3. The Morgan fingerprint density at radius 1 is 1.24 bits per heavy atom. The molecule has 1 atom stereocenters. The van der Waals surface area contributed by atoms with Crippen LogP contribution in [0.3, 0.4) is 0 Å². The highest BCUT2D eigenvalue weighted by atomic mass is 19.1. The molecule has 2 aromatic carbocycles. The summed E-state index contributed by atoms with van der Waals surface area (Å²) in [5, 5.41) is 8.78. The average Bonchev–Trinajstić information content (AvgIpc) is 3.10. The Morgan fingerprint density at radius 2 is 2.00 bits per heavy atom. The van der Waals surface area contributed by atoms with Crippen molar-refractivity contribution in [3.05, 3.63) is 71.3 Å². The number of halogens is 2. The van der Waals surface area contributed by atoms with Gasteiger partial charge >= 0.3 is 0 Å². The van der Waals surface area contributed by atoms with Gasteiger partial charge in [-0.2, -0.15) is 5.10 Å². The van der Waals surface area contributed by atoms with E-state index in [-0.39, 0.29) is 12.5 Å². The van der Waals surface area contributed by atoms with Gasteiger partial charge in [-0.25, -0.2) is 13.8 Å². The quantitative estimate of drug-likeness (QED) is 0.906. The van der Waals surface area contributed by atoms with Gasteiger partial charge in [0, 0.05) is 24.1 Å². The summed E-state index contributed by atoms with van der Waals surface area (Å²) in [5.74, 6) is -1.43. The SMILES string of the molecule is C[C@H](NCC(=O)N1CCC(c2ccccc2)=N1)c1ccc(F)cc1F. The number of hydrogen-bond donors (Lipinski definition) is 1. The number of nitrogens with zero attached hydrogens (tertiary/aromatic N) is 2. The Kier molecular flexibility index (Phi) is 5.19. The van der Waals surface area contributed by atoms with Crippen LogP contribution < -0.4 is 5.32 Å². The second kappa shape index (κ2) is 7.53. The monoisotopic (exact) mass is 343 g/mol. The lowest BCUT2D eigenvalue weighted by Gasteiger charge is -2.17. The first kappa shape index (κ1) is 17.2. The van der Waals surface area contributed by atoms with Crippen LogP contribution in [0.5, 0.6) is 0 Å². The van der Waals surface area contributed by atoms with Gasteiger partial charge in [-0.05, 0) is 18.6 Å². The topological polar surface area (TPSA) is 44.7 Å². The van der Waals surface area contributed by atoms with E-state index in [0.29, 0.717) is 18.5 Å². The first-order valence-electron chi connectivity index (χ1n) is 8.16. The van der Waals surface area contributed by atoms with Gasteiger partial charge in [0.2, 0.25) is 0 Å². The molecule has 25 heavy (non-hydrogen) atoms. The second-order valence-electron chi connectivity index (χ2n) is 5.95. The average molecular weight is 343 g/mol. The molecule has 0 saturated carbocycles. The van der Waals surface area contributed by atoms with Gasteiger partial charge in [-0.15, -0.1) is 0 Å². The summed E-state index contributed by atoms with van der Waals surface area (Å²) in [6.45, 7) is 2.29. The van der Waals surface area contributed by atoms with E-state index in [1.807, 2.05) is 30.3 Å². The molecule has 0 bridgehead atoms. The lowest BCUT2D eigenvalue weighted by molar-refractivity contribution is -0.129. The molecule has 1 aliphatic rings. The number of rotatable bonds is 5. The molecule has 6 heteroatoms. The molecule has 1 aliphatic heterocycles. The predicted molar refractivity (Wildman–Crippen MR) is 92.1 cm³/mol. The molecule has 0 aromatic heterocycles. The Labute approximate surface area is 145 Å². The van der Waals surface area contributed by atoms with Gasteiger partial charge in [0.15, 0.2) is 0 Å². The van der Waals surface area contributed by atoms with Crippen molar-refractivity contribution in [2.75, 3.05) is 13.1 Å². The molecule has 0 aliphatic carbocycles. The Morgan fingerprint density at radius 3 is 2.72 bits per heavy atom. The van der Waals surface area contributed by atoms with Crippen molar-refractivity contribution in [1.82, 2.24) is 10.3 Å². The zero-order valence-electron chi connectivity index (χ0n) is 13.9. The van der Waals surface area contributed by atoms with E-state index < -0.39 is 17.7 Å². The number of hydrazone groups is 1. The van der Waals surface area contributed by atoms with Crippen molar-refractivity contribution >= 4 is 11.6 Å². The third-order valence-corrected chi connectivity index (χ3v) is 4.19. The van der Waals surface area contributed by atoms with Crippen LogP contribution in [0.2, 0.25) is 0 Å². The van der Waals surface area contributed by atoms with Crippen LogP contribution in [0.1, 0.15) is 30.5 Å². The van der Waals surface area contributed by atoms with E-state index in [2.05, 4.69) is 10.4 Å². The van der Waals surface area contributed by atoms with Crippen molar-refractivity contribution in [1.29, 1.82) is 0 Å². The summed E-state index contributed by atoms with van der Waals surface area (Å²) in [4.78, 5) is 12.3. The van der Waals surface area contributed by atoms with Crippen LogP contribution in [0.25, 0.3) is 0 Å². The number of nitrogens with one attached hydrogen (secondary N) is 1. The minimum Gasteiger partial charge on any atom is -0.302 e. The standard InChI is InChI=1S/C19H19F2N3O/c1-13(16-8-7-15(20)11-17(16)21)22-12-19(25)24-10-9-18(23-24)14-5-3-2-4-6-14/h2-8,11,13,22H,9-10,12H2,1H3/t13-/m0/s1. The van der Waals surface area contributed by atoms with E-state index in [9.17, 15) is 13.6 Å². The summed E-state index contributed by atoms with van der Waals surface area (Å²) in [6, 6.07) is 12.7. The lowest BCUT2D eigenvalue weighted by atomic mass is 10.1. The molecule has 0 radical (unpaired) electrons. The van der Waals surface area contributed by atoms with E-state index in [1.165, 1.54) is 17.1 Å². The van der Waals surface area contributed by atoms with Crippen LogP contribution in [-0.2, 0) is 4.79 Å². The van der Waals surface area contributed by atoms with Crippen molar-refractivity contribution in [3.63, 3.8) is 0 Å². The Balaban J connectivity index is 1.59. The fourth-order valence-electron chi connectivity index (χ4n) is 2.76. The van der Waals surface area contributed by atoms with Gasteiger partial charge in [-0.1, -0.05) is 36.4 Å². The minimum absolute atomic E-state index is 0.0313. The van der Waals surface area contributed by atoms with Crippen LogP contribution in [0, 0.1) is 11.6 Å². The summed E-state index contributed by atoms with van der Waals surface area (Å²) < 4.78 is 26.7. The summed E-state index contributed by atoms with van der Waals surface area (Å²) >= 11 is 0. The van der Waals surface area contributed by atoms with Gasteiger partial charge < -0.3 is 5.32 Å². The zero-order chi connectivity index (χ0) is 17.8. The third kappa shape index (κ3) is 4.09. The first-order chi connectivity index (χ1) is 12.0. The third-order valence-electron chi connectivity index (χ3n) is 4.19. The van der Waals surface area contributed by atoms with Crippen molar-refractivity contribution in [3.8, 4) is 0 Å². The highest BCUT2D eigenvalue weighted by Gasteiger charge is 2.22. The Bertz CT molecular complexity index is 793. The number of amides is 1. The zero-order valence-corrected chi connectivity index (χ0v) is 13.9. The summed E-state index contributed by atoms with van der Waals surface area (Å²) in [7, 11) is 0. The fraction of sp³-hybridized carbons (Fsp3) is 0.263. The van der Waals surface area contributed by atoms with Crippen molar-refractivity contribution < 1.29 is 13.6 Å². The first-order valence-corrected chi connectivity index (χ1v) is 8.16. The van der Waals surface area contributed by atoms with Crippen molar-refractivity contribution in [2.45, 2.75) is 19.4 Å². The summed E-state index contributed by atoms with van der Waals surface area (Å²) in [6.07, 6.45) is 0.706. The largest absolute Gasteiger partial charge is 0.302 e. The minimum atomic E-state index is -0.627. The highest BCUT2D eigenvalue weighted by molar-refractivity contribution is 6.02. The molecular weight excluding hydrogens is 324 g/mol. The molecule has 1 heterocycles. The van der Waals surface area contributed by atoms with E-state index in [4.69, 9.17) is 0 Å². The molecular formula is C19H19F2N3O. The van der Waals surface area contributed by atoms with Gasteiger partial charge in [0.1, 0.15) is 11.6 Å². The molecule has 4 nitrogen and oxygen atoms in total. The molecule has 0 spiro atoms. The van der Waals surface area contributed by atoms with E-state index in [0.717, 1.165) is 17.3 Å². The second-order valence-corrected chi connectivity index (χ2v) is 5.95. The summed E-state index contributed by atoms with van der Waals surface area (Å²) in [5.41, 5.74) is 2.21. The molecule has 0 unspecified atom stereocenters. The van der Waals surface area contributed by atoms with E-state index >= 15 is 0 Å². The van der Waals surface area contributed by atoms with Crippen molar-refractivity contribution in [2.24, 2.45) is 5.10 Å². The predicted octanol–water partition coefficient (Wildman–Crippen LogP) is 3.25. The smallest absolute Gasteiger partial charge is 0.256 e. The van der Waals surface area contributed by atoms with Crippen LogP contribution >= 0.6 is 0 Å². The molecule has 1 amide bonds. The molecule has 0 fully saturated rings. The van der Waals surface area contributed by atoms with Crippen LogP contribution in [0.4, 0.5) is 8.78 Å². The molecule has 2 aromatic rings. The molecule has 130 valence electrons. The lowest BCUT2D eigenvalue weighted by Crippen LogP contribution is -2.35. The van der Waals surface area contributed by atoms with Gasteiger partial charge in [-0.3, -0.25) is 4.79 Å². The molecule has 1 N–H and O–H groups in total. The van der Waals surface area contributed by atoms with Gasteiger partial charge in [0.25, 0.3) is 5.91 Å². The van der Waals surface area contributed by atoms with E-state index in [1.54, 1.807) is 6.92 Å². The maximum absolute atomic E-state index is 13.8. The number of carbonyl (C=O) groups is 1. The number of benzene rings is 2. The molecule has 3 rings (SSSR count).